The molecule has 0 radical (unpaired) electrons. The zero-order chi connectivity index (χ0) is 23.5. The fraction of sp³-hybridized carbons (Fsp3) is 0.208. The predicted molar refractivity (Wildman–Crippen MR) is 132 cm³/mol. The number of amides is 2. The van der Waals surface area contributed by atoms with Gasteiger partial charge in [0.05, 0.1) is 12.2 Å². The second-order valence-electron chi connectivity index (χ2n) is 7.32. The summed E-state index contributed by atoms with van der Waals surface area (Å²) in [5, 5.41) is 16.1. The van der Waals surface area contributed by atoms with E-state index >= 15 is 0 Å². The van der Waals surface area contributed by atoms with E-state index in [1.807, 2.05) is 30.3 Å². The third kappa shape index (κ3) is 8.27. The maximum atomic E-state index is 12.9. The zero-order valence-corrected chi connectivity index (χ0v) is 19.3. The molecule has 1 unspecified atom stereocenters. The Hall–Kier alpha value is -3.82. The largest absolute Gasteiger partial charge is 0.384 e. The molecule has 3 aromatic rings. The summed E-state index contributed by atoms with van der Waals surface area (Å²) in [6.07, 6.45) is 3.93. The van der Waals surface area contributed by atoms with Crippen LogP contribution in [0.15, 0.2) is 73.1 Å². The van der Waals surface area contributed by atoms with Gasteiger partial charge in [-0.15, -0.1) is 12.4 Å². The van der Waals surface area contributed by atoms with Crippen LogP contribution in [0.5, 0.6) is 0 Å². The lowest BCUT2D eigenvalue weighted by Gasteiger charge is -2.18. The molecule has 3 rings (SSSR count). The highest BCUT2D eigenvalue weighted by Crippen LogP contribution is 2.12. The number of aromatic nitrogens is 2. The van der Waals surface area contributed by atoms with Gasteiger partial charge in [-0.2, -0.15) is 0 Å². The van der Waals surface area contributed by atoms with Crippen LogP contribution in [0.4, 0.5) is 0 Å². The molecule has 2 amide bonds. The normalized spacial score (nSPS) is 11.1. The Morgan fingerprint density at radius 2 is 1.65 bits per heavy atom. The molecule has 2 aromatic heterocycles. The Bertz CT molecular complexity index is 1060. The second kappa shape index (κ2) is 13.7. The summed E-state index contributed by atoms with van der Waals surface area (Å²) >= 11 is 0. The fourth-order valence-electron chi connectivity index (χ4n) is 3.11. The van der Waals surface area contributed by atoms with Crippen LogP contribution in [0.1, 0.15) is 28.6 Å². The number of carbonyl (C=O) groups is 2. The van der Waals surface area contributed by atoms with Crippen LogP contribution >= 0.6 is 12.4 Å². The van der Waals surface area contributed by atoms with Crippen LogP contribution in [0.2, 0.25) is 0 Å². The van der Waals surface area contributed by atoms with E-state index in [1.54, 1.807) is 42.7 Å². The van der Waals surface area contributed by atoms with Crippen molar-refractivity contribution in [2.45, 2.75) is 19.0 Å². The summed E-state index contributed by atoms with van der Waals surface area (Å²) < 4.78 is 0. The van der Waals surface area contributed by atoms with E-state index in [2.05, 4.69) is 25.9 Å². The lowest BCUT2D eigenvalue weighted by molar-refractivity contribution is -0.127. The van der Waals surface area contributed by atoms with Crippen molar-refractivity contribution in [3.05, 3.63) is 95.6 Å². The number of pyridine rings is 2. The number of halogens is 1. The Labute approximate surface area is 204 Å². The van der Waals surface area contributed by atoms with Gasteiger partial charge >= 0.3 is 0 Å². The SMILES string of the molecule is Cl.N=C(N)c1ccc(CNC(C(=O)NCC(=O)NCCc2ccccn2)c2ccccn2)cc1. The fourth-order valence-corrected chi connectivity index (χ4v) is 3.11. The van der Waals surface area contributed by atoms with Gasteiger partial charge in [-0.05, 0) is 29.8 Å². The molecule has 0 spiro atoms. The Morgan fingerprint density at radius 3 is 2.26 bits per heavy atom. The van der Waals surface area contributed by atoms with Crippen LogP contribution in [0.3, 0.4) is 0 Å². The van der Waals surface area contributed by atoms with E-state index in [1.165, 1.54) is 0 Å². The van der Waals surface area contributed by atoms with E-state index in [-0.39, 0.29) is 36.6 Å². The molecule has 0 aliphatic rings. The Kier molecular flexibility index (Phi) is 10.6. The highest BCUT2D eigenvalue weighted by molar-refractivity contribution is 5.94. The van der Waals surface area contributed by atoms with Crippen LogP contribution < -0.4 is 21.7 Å². The van der Waals surface area contributed by atoms with Gasteiger partial charge in [0.1, 0.15) is 11.9 Å². The molecule has 1 atom stereocenters. The minimum atomic E-state index is -0.736. The van der Waals surface area contributed by atoms with E-state index < -0.39 is 6.04 Å². The van der Waals surface area contributed by atoms with Crippen molar-refractivity contribution in [1.29, 1.82) is 5.41 Å². The average molecular weight is 482 g/mol. The first-order chi connectivity index (χ1) is 16.0. The van der Waals surface area contributed by atoms with Gasteiger partial charge in [-0.25, -0.2) is 0 Å². The summed E-state index contributed by atoms with van der Waals surface area (Å²) in [4.78, 5) is 33.5. The summed E-state index contributed by atoms with van der Waals surface area (Å²) in [6.45, 7) is 0.687. The number of nitrogens with zero attached hydrogens (tertiary/aromatic N) is 2. The summed E-state index contributed by atoms with van der Waals surface area (Å²) in [6, 6.07) is 17.4. The Balaban J connectivity index is 0.00000408. The maximum absolute atomic E-state index is 12.9. The molecule has 178 valence electrons. The smallest absolute Gasteiger partial charge is 0.243 e. The molecule has 0 bridgehead atoms. The van der Waals surface area contributed by atoms with Gasteiger partial charge in [0.25, 0.3) is 0 Å². The van der Waals surface area contributed by atoms with Gasteiger partial charge < -0.3 is 16.4 Å². The number of benzene rings is 1. The van der Waals surface area contributed by atoms with Crippen LogP contribution in [0.25, 0.3) is 0 Å². The lowest BCUT2D eigenvalue weighted by atomic mass is 10.1. The number of nitrogens with two attached hydrogens (primary N) is 1. The van der Waals surface area contributed by atoms with E-state index in [0.717, 1.165) is 11.3 Å². The van der Waals surface area contributed by atoms with Gasteiger partial charge in [0.15, 0.2) is 0 Å². The number of carbonyl (C=O) groups excluding carboxylic acids is 2. The standard InChI is InChI=1S/C24H27N7O2.ClH/c25-23(26)18-9-7-17(8-10-18)15-30-22(20-6-2-4-13-28-20)24(33)31-16-21(32)29-14-11-19-5-1-3-12-27-19;/h1-10,12-13,22,30H,11,14-16H2,(H3,25,26)(H,29,32)(H,31,33);1H. The topological polar surface area (TPSA) is 146 Å². The van der Waals surface area contributed by atoms with Crippen molar-refractivity contribution in [2.75, 3.05) is 13.1 Å². The van der Waals surface area contributed by atoms with Crippen molar-refractivity contribution in [3.63, 3.8) is 0 Å². The highest BCUT2D eigenvalue weighted by atomic mass is 35.5. The van der Waals surface area contributed by atoms with Crippen LogP contribution in [0, 0.1) is 5.41 Å². The van der Waals surface area contributed by atoms with Crippen LogP contribution in [-0.4, -0.2) is 40.7 Å². The first-order valence-electron chi connectivity index (χ1n) is 10.5. The molecule has 0 fully saturated rings. The third-order valence-electron chi connectivity index (χ3n) is 4.87. The third-order valence-corrected chi connectivity index (χ3v) is 4.87. The van der Waals surface area contributed by atoms with Crippen molar-refractivity contribution >= 4 is 30.1 Å². The average Bonchev–Trinajstić information content (AvgIpc) is 2.84. The Morgan fingerprint density at radius 1 is 0.941 bits per heavy atom. The molecular formula is C24H28ClN7O2. The van der Waals surface area contributed by atoms with Gasteiger partial charge in [-0.3, -0.25) is 30.3 Å². The van der Waals surface area contributed by atoms with E-state index in [0.29, 0.717) is 30.8 Å². The molecule has 34 heavy (non-hydrogen) atoms. The number of hydrogen-bond donors (Lipinski definition) is 5. The van der Waals surface area contributed by atoms with Gasteiger partial charge in [0.2, 0.25) is 11.8 Å². The van der Waals surface area contributed by atoms with Crippen LogP contribution in [-0.2, 0) is 22.6 Å². The van der Waals surface area contributed by atoms with Crippen molar-refractivity contribution in [2.24, 2.45) is 5.73 Å². The van der Waals surface area contributed by atoms with E-state index in [4.69, 9.17) is 11.1 Å². The zero-order valence-electron chi connectivity index (χ0n) is 18.5. The number of nitrogens with one attached hydrogen (secondary N) is 4. The van der Waals surface area contributed by atoms with Crippen molar-refractivity contribution in [1.82, 2.24) is 25.9 Å². The predicted octanol–water partition coefficient (Wildman–Crippen LogP) is 1.49. The number of amidine groups is 1. The highest BCUT2D eigenvalue weighted by Gasteiger charge is 2.21. The molecule has 9 nitrogen and oxygen atoms in total. The number of nitrogen functional groups attached to an aromatic ring is 1. The summed E-state index contributed by atoms with van der Waals surface area (Å²) in [5.41, 5.74) is 8.47. The molecule has 1 aromatic carbocycles. The molecular weight excluding hydrogens is 454 g/mol. The summed E-state index contributed by atoms with van der Waals surface area (Å²) in [5.74, 6) is -0.633. The van der Waals surface area contributed by atoms with E-state index in [9.17, 15) is 9.59 Å². The van der Waals surface area contributed by atoms with Crippen molar-refractivity contribution in [3.8, 4) is 0 Å². The quantitative estimate of drug-likeness (QED) is 0.207. The number of hydrogen-bond acceptors (Lipinski definition) is 6. The molecule has 0 saturated heterocycles. The minimum absolute atomic E-state index is 0. The number of rotatable bonds is 11. The molecule has 10 heteroatoms. The van der Waals surface area contributed by atoms with Crippen molar-refractivity contribution < 1.29 is 9.59 Å². The van der Waals surface area contributed by atoms with Gasteiger partial charge in [-0.1, -0.05) is 36.4 Å². The first-order valence-corrected chi connectivity index (χ1v) is 10.5. The molecule has 0 aliphatic carbocycles. The second-order valence-corrected chi connectivity index (χ2v) is 7.32. The summed E-state index contributed by atoms with van der Waals surface area (Å²) in [7, 11) is 0. The lowest BCUT2D eigenvalue weighted by Crippen LogP contribution is -2.43. The molecule has 0 aliphatic heterocycles. The van der Waals surface area contributed by atoms with Gasteiger partial charge in [0, 0.05) is 43.2 Å². The maximum Gasteiger partial charge on any atom is 0.243 e. The molecule has 6 N–H and O–H groups in total. The minimum Gasteiger partial charge on any atom is -0.384 e. The monoisotopic (exact) mass is 481 g/mol. The molecule has 2 heterocycles. The molecule has 0 saturated carbocycles. The first kappa shape index (κ1) is 26.4.